The Kier molecular flexibility index (Phi) is 28.0. The number of carboxylic acid groups (broad SMARTS) is 4. The van der Waals surface area contributed by atoms with Crippen molar-refractivity contribution >= 4 is 85.3 Å². The fourth-order valence-electron chi connectivity index (χ4n) is 12.8. The molecule has 0 radical (unpaired) electrons. The quantitative estimate of drug-likeness (QED) is 0.0185. The zero-order valence-corrected chi connectivity index (χ0v) is 66.2. The number of nitrogens with zero attached hydrogens (tertiary/aromatic N) is 12. The predicted octanol–water partition coefficient (Wildman–Crippen LogP) is 1.07. The highest BCUT2D eigenvalue weighted by Gasteiger charge is 2.26. The summed E-state index contributed by atoms with van der Waals surface area (Å²) in [4.78, 5) is 194. The second kappa shape index (κ2) is 38.2. The number of aromatic nitrogens is 16. The Morgan fingerprint density at radius 1 is 0.387 bits per heavy atom. The Hall–Kier alpha value is -14.0. The summed E-state index contributed by atoms with van der Waals surface area (Å²) in [6, 6.07) is 17.1. The monoisotopic (exact) mass is 1630 g/mol. The Bertz CT molecular complexity index is 6440. The summed E-state index contributed by atoms with van der Waals surface area (Å²) < 4.78 is 6.88. The second-order valence-electron chi connectivity index (χ2n) is 28.5. The van der Waals surface area contributed by atoms with E-state index in [-0.39, 0.29) is 76.8 Å². The molecule has 119 heavy (non-hydrogen) atoms. The lowest BCUT2D eigenvalue weighted by Crippen LogP contribution is -2.37. The normalized spacial score (nSPS) is 12.1. The van der Waals surface area contributed by atoms with Crippen molar-refractivity contribution in [3.63, 3.8) is 0 Å². The molecule has 0 aliphatic carbocycles. The number of nitrogens with one attached hydrogen (secondary N) is 8. The summed E-state index contributed by atoms with van der Waals surface area (Å²) in [6.07, 6.45) is 3.00. The van der Waals surface area contributed by atoms with Crippen LogP contribution < -0.4 is 89.2 Å². The number of nitrogen functional groups attached to an aromatic ring is 1. The number of rotatable bonds is 28. The van der Waals surface area contributed by atoms with Gasteiger partial charge < -0.3 is 82.9 Å². The van der Waals surface area contributed by atoms with E-state index >= 15 is 0 Å². The number of aromatic carboxylic acids is 1. The lowest BCUT2D eigenvalue weighted by Gasteiger charge is -2.18. The molecule has 0 saturated carbocycles. The third kappa shape index (κ3) is 21.2. The number of carbonyl (C=O) groups excluding carboxylic acids is 1. The van der Waals surface area contributed by atoms with Gasteiger partial charge in [0.1, 0.15) is 24.7 Å². The van der Waals surface area contributed by atoms with E-state index in [2.05, 4.69) is 81.1 Å². The summed E-state index contributed by atoms with van der Waals surface area (Å²) in [5, 5.41) is 47.9. The summed E-state index contributed by atoms with van der Waals surface area (Å²) in [5.41, 5.74) is 31.2. The molecular formula is C78H90N24O17. The van der Waals surface area contributed by atoms with Crippen LogP contribution in [0.15, 0.2) is 105 Å². The summed E-state index contributed by atoms with van der Waals surface area (Å²) >= 11 is 0. The minimum atomic E-state index is -1.16. The van der Waals surface area contributed by atoms with Crippen LogP contribution in [0.5, 0.6) is 0 Å². The molecule has 8 heterocycles. The van der Waals surface area contributed by atoms with Crippen molar-refractivity contribution in [2.24, 2.45) is 17.2 Å². The molecule has 0 spiro atoms. The minimum Gasteiger partial charge on any atom is -0.480 e. The topological polar surface area (TPSA) is 641 Å². The van der Waals surface area contributed by atoms with E-state index in [9.17, 15) is 67.4 Å². The Labute approximate surface area is 672 Å². The maximum absolute atomic E-state index is 12.4. The number of anilines is 2. The molecule has 0 unspecified atom stereocenters. The molecule has 0 bridgehead atoms. The average Bonchev–Trinajstić information content (AvgIpc) is 0.772. The van der Waals surface area contributed by atoms with Crippen molar-refractivity contribution in [1.29, 1.82) is 0 Å². The number of nitrogens with two attached hydrogens (primary N) is 4. The molecule has 624 valence electrons. The van der Waals surface area contributed by atoms with E-state index < -0.39 is 92.9 Å². The fraction of sp³-hybridized carbons (Fsp3) is 0.346. The highest BCUT2D eigenvalue weighted by atomic mass is 16.4. The van der Waals surface area contributed by atoms with Crippen molar-refractivity contribution in [2.75, 3.05) is 50.3 Å². The summed E-state index contributed by atoms with van der Waals surface area (Å²) in [5.74, 6) is -4.03. The van der Waals surface area contributed by atoms with Crippen LogP contribution in [0.25, 0.3) is 90.2 Å². The third-order valence-electron chi connectivity index (χ3n) is 19.9. The molecule has 5 aromatic carbocycles. The standard InChI is InChI=1S/C21H20N6O4.C20H26N6O4.C19H24N6O4.C18H20N6O5/c1-10-7-15-16(8-11(10)2)27(18-17(24-15)19(28)26-21(31)25-18)6-5-23-12-3-4-14(22)13(9-12)20(29)30;1-11-9-14-15(10-12(11)2)26(17-16(23-14)18(27)25-20(30)24-17)8-7-22-6-4-3-5-13(21)19(28)29;1-10-8-13-14(9-11(10)2)25(7-6-21-5-3-4-12(20)18(27)28)16-15(22-13)17(26)24-19(29)23-16;1-8-5-11-12(6-9(8)2)24(7-13(25)20-4-3-10(19)17(27)28)15-14(21-11)16(26)23-18(29)22-15/h3-4,7-9,23H,5-6,22H2,1-2H3,(H,29,30)(H,26,28,31);9-10,13,22H,3-8,21H2,1-2H3,(H,28,29)(H,25,27,30);8-9,12,21H,3-7,20H2,1-2H3,(H,27,28)(H,24,26,29);5-6,10H,3-4,7,19H2,1-2H3,(H,20,25)(H,27,28)(H,23,26,29)/t;13-;12-;10-/m.100/s1. The zero-order chi connectivity index (χ0) is 86.5. The lowest BCUT2D eigenvalue weighted by atomic mass is 10.1. The van der Waals surface area contributed by atoms with Gasteiger partial charge in [0.05, 0.1) is 49.7 Å². The first kappa shape index (κ1) is 87.4. The van der Waals surface area contributed by atoms with E-state index in [1.54, 1.807) is 22.8 Å². The first-order chi connectivity index (χ1) is 56.5. The van der Waals surface area contributed by atoms with Crippen LogP contribution in [0.1, 0.15) is 93.4 Å². The number of aromatic amines is 4. The molecule has 1 amide bonds. The van der Waals surface area contributed by atoms with Crippen molar-refractivity contribution < 1.29 is 44.4 Å². The number of hydrogen-bond acceptors (Lipinski definition) is 28. The molecule has 8 aliphatic heterocycles. The Morgan fingerprint density at radius 3 is 1.07 bits per heavy atom. The van der Waals surface area contributed by atoms with Gasteiger partial charge in [-0.25, -0.2) is 43.9 Å². The van der Waals surface area contributed by atoms with Crippen molar-refractivity contribution in [2.45, 2.75) is 138 Å². The summed E-state index contributed by atoms with van der Waals surface area (Å²) in [6.45, 7) is 19.5. The number of H-pyrrole nitrogens is 4. The number of carbonyl (C=O) groups is 5. The third-order valence-corrected chi connectivity index (χ3v) is 19.9. The molecule has 20 N–H and O–H groups in total. The van der Waals surface area contributed by atoms with Gasteiger partial charge in [0.25, 0.3) is 22.2 Å². The largest absolute Gasteiger partial charge is 0.480 e. The van der Waals surface area contributed by atoms with Crippen LogP contribution >= 0.6 is 0 Å². The molecule has 8 aliphatic rings. The van der Waals surface area contributed by atoms with Gasteiger partial charge in [-0.05, 0) is 212 Å². The van der Waals surface area contributed by atoms with Crippen LogP contribution in [-0.4, -0.2) is 186 Å². The van der Waals surface area contributed by atoms with Crippen molar-refractivity contribution in [3.05, 3.63) is 200 Å². The van der Waals surface area contributed by atoms with Gasteiger partial charge in [-0.2, -0.15) is 19.9 Å². The predicted molar refractivity (Wildman–Crippen MR) is 442 cm³/mol. The molecule has 0 aromatic heterocycles. The van der Waals surface area contributed by atoms with E-state index in [0.717, 1.165) is 67.5 Å². The van der Waals surface area contributed by atoms with Crippen LogP contribution in [0, 0.1) is 55.4 Å². The first-order valence-corrected chi connectivity index (χ1v) is 37.6. The van der Waals surface area contributed by atoms with Crippen LogP contribution in [0.4, 0.5) is 11.4 Å². The Morgan fingerprint density at radius 2 is 0.706 bits per heavy atom. The number of aliphatic carboxylic acids is 3. The number of aryl methyl sites for hydroxylation is 8. The number of carboxylic acids is 4. The van der Waals surface area contributed by atoms with Gasteiger partial charge in [0.15, 0.2) is 46.1 Å². The molecule has 41 heteroatoms. The highest BCUT2D eigenvalue weighted by molar-refractivity contribution is 5.95. The van der Waals surface area contributed by atoms with Crippen LogP contribution in [0.2, 0.25) is 0 Å². The van der Waals surface area contributed by atoms with Gasteiger partial charge >= 0.3 is 46.6 Å². The second-order valence-corrected chi connectivity index (χ2v) is 28.5. The lowest BCUT2D eigenvalue weighted by molar-refractivity contribution is -0.139. The van der Waals surface area contributed by atoms with Crippen molar-refractivity contribution in [1.82, 2.24) is 94.0 Å². The van der Waals surface area contributed by atoms with Gasteiger partial charge in [-0.15, -0.1) is 0 Å². The number of amides is 1. The molecule has 5 aromatic rings. The molecule has 41 nitrogen and oxygen atoms in total. The van der Waals surface area contributed by atoms with E-state index in [1.807, 2.05) is 101 Å². The Balaban J connectivity index is 0.000000167. The molecule has 3 atom stereocenters. The molecule has 0 saturated heterocycles. The first-order valence-electron chi connectivity index (χ1n) is 37.6. The van der Waals surface area contributed by atoms with Crippen LogP contribution in [0.3, 0.4) is 0 Å². The summed E-state index contributed by atoms with van der Waals surface area (Å²) in [7, 11) is 0. The van der Waals surface area contributed by atoms with E-state index in [0.29, 0.717) is 111 Å². The molecule has 0 fully saturated rings. The van der Waals surface area contributed by atoms with Gasteiger partial charge in [0.2, 0.25) is 5.91 Å². The minimum absolute atomic E-state index is 0.00719. The van der Waals surface area contributed by atoms with Gasteiger partial charge in [0, 0.05) is 57.2 Å². The van der Waals surface area contributed by atoms with Crippen molar-refractivity contribution in [3.8, 4) is 46.1 Å². The fourth-order valence-corrected chi connectivity index (χ4v) is 12.8. The van der Waals surface area contributed by atoms with Crippen LogP contribution in [-0.2, 0) is 45.4 Å². The molecule has 13 rings (SSSR count). The average molecular weight is 1640 g/mol. The van der Waals surface area contributed by atoms with Gasteiger partial charge in [-0.3, -0.25) is 58.3 Å². The maximum atomic E-state index is 12.4. The maximum Gasteiger partial charge on any atom is 0.349 e. The number of benzene rings is 5. The SMILES string of the molecule is Cc1cc2nc3c(=O)[nH]c(=O)nc-3n(CC(=O)NCC[C@H](N)C(=O)O)c2cc1C.Cc1cc2nc3c(=O)[nH]c(=O)nc-3n(CCNCCCC[C@@H](N)C(=O)O)c2cc1C.Cc1cc2nc3c(=O)[nH]c(=O)nc-3n(CCNCCC[C@H](N)C(=O)O)c2cc1C.Cc1cc2nc3c(=O)[nH]c(=O)nc-3n(CCNc3ccc(N)c(C(=O)O)c3)c2cc1C. The zero-order valence-electron chi connectivity index (χ0n) is 66.2. The highest BCUT2D eigenvalue weighted by Crippen LogP contribution is 2.29. The number of fused-ring (bicyclic) bond motifs is 8. The number of unbranched alkanes of at least 4 members (excludes halogenated alkanes) is 1. The number of hydrogen-bond donors (Lipinski definition) is 16. The van der Waals surface area contributed by atoms with E-state index in [1.165, 1.54) is 16.7 Å². The van der Waals surface area contributed by atoms with Gasteiger partial charge in [-0.1, -0.05) is 6.42 Å². The smallest absolute Gasteiger partial charge is 0.349 e. The molecular weight excluding hydrogens is 1550 g/mol. The van der Waals surface area contributed by atoms with E-state index in [4.69, 9.17) is 38.3 Å².